The largest absolute Gasteiger partial charge is 0.318 e. The Bertz CT molecular complexity index is 631. The predicted octanol–water partition coefficient (Wildman–Crippen LogP) is 2.72. The van der Waals surface area contributed by atoms with E-state index in [-0.39, 0.29) is 11.9 Å². The van der Waals surface area contributed by atoms with Gasteiger partial charge in [-0.1, -0.05) is 47.5 Å². The quantitative estimate of drug-likeness (QED) is 0.849. The van der Waals surface area contributed by atoms with Crippen LogP contribution in [-0.4, -0.2) is 11.9 Å². The maximum atomic E-state index is 12.1. The van der Waals surface area contributed by atoms with Gasteiger partial charge >= 0.3 is 0 Å². The van der Waals surface area contributed by atoms with Crippen molar-refractivity contribution in [2.75, 3.05) is 4.90 Å². The van der Waals surface area contributed by atoms with Crippen LogP contribution in [0.25, 0.3) is 0 Å². The topological polar surface area (TPSA) is 46.3 Å². The number of benzene rings is 2. The fourth-order valence-corrected chi connectivity index (χ4v) is 2.62. The molecule has 0 unspecified atom stereocenters. The van der Waals surface area contributed by atoms with Crippen LogP contribution in [0.3, 0.4) is 0 Å². The highest BCUT2D eigenvalue weighted by atomic mass is 16.2. The highest BCUT2D eigenvalue weighted by molar-refractivity contribution is 6.05. The van der Waals surface area contributed by atoms with Crippen molar-refractivity contribution in [2.45, 2.75) is 25.9 Å². The van der Waals surface area contributed by atoms with Gasteiger partial charge in [0.2, 0.25) is 5.91 Å². The van der Waals surface area contributed by atoms with E-state index in [2.05, 4.69) is 12.1 Å². The van der Waals surface area contributed by atoms with Crippen molar-refractivity contribution in [1.29, 1.82) is 0 Å². The van der Waals surface area contributed by atoms with Gasteiger partial charge in [-0.05, 0) is 31.5 Å². The summed E-state index contributed by atoms with van der Waals surface area (Å²) in [5, 5.41) is 0. The fraction of sp³-hybridized carbons (Fsp3) is 0.235. The average molecular weight is 266 g/mol. The summed E-state index contributed by atoms with van der Waals surface area (Å²) in [4.78, 5) is 13.9. The Morgan fingerprint density at radius 2 is 1.40 bits per heavy atom. The molecular formula is C17H18N2O. The van der Waals surface area contributed by atoms with Gasteiger partial charge in [-0.25, -0.2) is 0 Å². The van der Waals surface area contributed by atoms with Gasteiger partial charge < -0.3 is 10.6 Å². The van der Waals surface area contributed by atoms with Crippen LogP contribution in [0.2, 0.25) is 0 Å². The van der Waals surface area contributed by atoms with Crippen LogP contribution in [-0.2, 0) is 4.79 Å². The van der Waals surface area contributed by atoms with Gasteiger partial charge in [-0.2, -0.15) is 0 Å². The maximum Gasteiger partial charge on any atom is 0.247 e. The predicted molar refractivity (Wildman–Crippen MR) is 80.6 cm³/mol. The molecule has 1 saturated heterocycles. The van der Waals surface area contributed by atoms with E-state index in [9.17, 15) is 4.79 Å². The molecule has 1 heterocycles. The lowest BCUT2D eigenvalue weighted by atomic mass is 9.88. The smallest absolute Gasteiger partial charge is 0.247 e. The molecular weight excluding hydrogens is 248 g/mol. The molecule has 20 heavy (non-hydrogen) atoms. The summed E-state index contributed by atoms with van der Waals surface area (Å²) in [6.45, 7) is 4.08. The summed E-state index contributed by atoms with van der Waals surface area (Å²) >= 11 is 0. The lowest BCUT2D eigenvalue weighted by molar-refractivity contribution is -0.126. The highest BCUT2D eigenvalue weighted by Gasteiger charge is 2.46. The number of carbonyl (C=O) groups is 1. The van der Waals surface area contributed by atoms with E-state index in [0.29, 0.717) is 0 Å². The molecule has 1 aliphatic rings. The molecule has 1 amide bonds. The minimum atomic E-state index is -0.445. The maximum absolute atomic E-state index is 12.1. The number of rotatable bonds is 2. The number of β-lactam (4-membered cyclic amide) rings is 1. The molecule has 2 aromatic carbocycles. The van der Waals surface area contributed by atoms with E-state index in [1.807, 2.05) is 50.2 Å². The fourth-order valence-electron chi connectivity index (χ4n) is 2.62. The number of carbonyl (C=O) groups excluding carboxylic acids is 1. The van der Waals surface area contributed by atoms with Crippen LogP contribution in [0, 0.1) is 13.8 Å². The second kappa shape index (κ2) is 4.76. The Balaban J connectivity index is 1.95. The Kier molecular flexibility index (Phi) is 3.07. The molecule has 0 saturated carbocycles. The Hall–Kier alpha value is -2.13. The van der Waals surface area contributed by atoms with Gasteiger partial charge in [0.1, 0.15) is 6.04 Å². The number of amides is 1. The molecule has 1 aliphatic heterocycles. The number of aryl methyl sites for hydroxylation is 2. The van der Waals surface area contributed by atoms with E-state index in [1.54, 1.807) is 4.90 Å². The lowest BCUT2D eigenvalue weighted by Crippen LogP contribution is -2.63. The van der Waals surface area contributed by atoms with Crippen LogP contribution in [0.1, 0.15) is 22.7 Å². The van der Waals surface area contributed by atoms with Crippen molar-refractivity contribution in [3.05, 3.63) is 65.2 Å². The zero-order valence-electron chi connectivity index (χ0n) is 11.7. The summed E-state index contributed by atoms with van der Waals surface area (Å²) in [6.07, 6.45) is 0. The van der Waals surface area contributed by atoms with Gasteiger partial charge in [0.25, 0.3) is 0 Å². The van der Waals surface area contributed by atoms with Crippen molar-refractivity contribution in [3.8, 4) is 0 Å². The van der Waals surface area contributed by atoms with E-state index < -0.39 is 6.04 Å². The number of nitrogens with zero attached hydrogens (tertiary/aromatic N) is 1. The number of nitrogens with two attached hydrogens (primary N) is 1. The van der Waals surface area contributed by atoms with Gasteiger partial charge in [-0.15, -0.1) is 0 Å². The SMILES string of the molecule is Cc1ccc([C@H]2[C@H](N)C(=O)N2c2ccc(C)cc2)cc1. The van der Waals surface area contributed by atoms with Crippen molar-refractivity contribution in [2.24, 2.45) is 5.73 Å². The average Bonchev–Trinajstić information content (AvgIpc) is 2.46. The molecule has 2 aromatic rings. The molecule has 1 fully saturated rings. The minimum Gasteiger partial charge on any atom is -0.318 e. The Labute approximate surface area is 119 Å². The van der Waals surface area contributed by atoms with Crippen molar-refractivity contribution in [1.82, 2.24) is 0 Å². The van der Waals surface area contributed by atoms with Gasteiger partial charge in [0.05, 0.1) is 6.04 Å². The van der Waals surface area contributed by atoms with Crippen LogP contribution in [0.5, 0.6) is 0 Å². The molecule has 2 atom stereocenters. The zero-order valence-corrected chi connectivity index (χ0v) is 11.7. The lowest BCUT2D eigenvalue weighted by Gasteiger charge is -2.45. The second-order valence-corrected chi connectivity index (χ2v) is 5.43. The first-order chi connectivity index (χ1) is 9.58. The third kappa shape index (κ3) is 2.00. The highest BCUT2D eigenvalue weighted by Crippen LogP contribution is 2.38. The van der Waals surface area contributed by atoms with E-state index in [0.717, 1.165) is 11.3 Å². The van der Waals surface area contributed by atoms with Gasteiger partial charge in [-0.3, -0.25) is 4.79 Å². The van der Waals surface area contributed by atoms with Crippen LogP contribution in [0.4, 0.5) is 5.69 Å². The van der Waals surface area contributed by atoms with Gasteiger partial charge in [0, 0.05) is 5.69 Å². The van der Waals surface area contributed by atoms with Crippen LogP contribution < -0.4 is 10.6 Å². The number of hydrogen-bond donors (Lipinski definition) is 1. The minimum absolute atomic E-state index is 0.0144. The molecule has 3 nitrogen and oxygen atoms in total. The zero-order chi connectivity index (χ0) is 14.3. The monoisotopic (exact) mass is 266 g/mol. The molecule has 0 aliphatic carbocycles. The molecule has 0 spiro atoms. The molecule has 0 radical (unpaired) electrons. The second-order valence-electron chi connectivity index (χ2n) is 5.43. The molecule has 3 rings (SSSR count). The molecule has 0 aromatic heterocycles. The Morgan fingerprint density at radius 3 is 1.95 bits per heavy atom. The van der Waals surface area contributed by atoms with Crippen LogP contribution in [0.15, 0.2) is 48.5 Å². The van der Waals surface area contributed by atoms with Crippen LogP contribution >= 0.6 is 0 Å². The normalized spacial score (nSPS) is 21.8. The first-order valence-electron chi connectivity index (χ1n) is 6.80. The molecule has 0 bridgehead atoms. The van der Waals surface area contributed by atoms with Gasteiger partial charge in [0.15, 0.2) is 0 Å². The van der Waals surface area contributed by atoms with Crippen molar-refractivity contribution in [3.63, 3.8) is 0 Å². The van der Waals surface area contributed by atoms with Crippen molar-refractivity contribution < 1.29 is 4.79 Å². The summed E-state index contributed by atoms with van der Waals surface area (Å²) in [5.74, 6) is -0.0144. The third-order valence-corrected chi connectivity index (χ3v) is 3.87. The standard InChI is InChI=1S/C17H18N2O/c1-11-3-7-13(8-4-11)16-15(18)17(20)19(16)14-9-5-12(2)6-10-14/h3-10,15-16H,18H2,1-2H3/t15-,16-/m0/s1. The summed E-state index contributed by atoms with van der Waals surface area (Å²) in [5.41, 5.74) is 10.4. The summed E-state index contributed by atoms with van der Waals surface area (Å²) in [7, 11) is 0. The van der Waals surface area contributed by atoms with E-state index in [4.69, 9.17) is 5.73 Å². The third-order valence-electron chi connectivity index (χ3n) is 3.87. The number of anilines is 1. The van der Waals surface area contributed by atoms with E-state index in [1.165, 1.54) is 11.1 Å². The summed E-state index contributed by atoms with van der Waals surface area (Å²) in [6, 6.07) is 15.7. The first-order valence-corrected chi connectivity index (χ1v) is 6.80. The summed E-state index contributed by atoms with van der Waals surface area (Å²) < 4.78 is 0. The first kappa shape index (κ1) is 12.9. The molecule has 3 heteroatoms. The van der Waals surface area contributed by atoms with E-state index >= 15 is 0 Å². The number of hydrogen-bond acceptors (Lipinski definition) is 2. The molecule has 102 valence electrons. The Morgan fingerprint density at radius 1 is 0.900 bits per heavy atom. The van der Waals surface area contributed by atoms with Crippen molar-refractivity contribution >= 4 is 11.6 Å². The molecule has 2 N–H and O–H groups in total.